The summed E-state index contributed by atoms with van der Waals surface area (Å²) in [6, 6.07) is 15.3. The normalized spacial score (nSPS) is 10.9. The number of hydrazone groups is 1. The summed E-state index contributed by atoms with van der Waals surface area (Å²) >= 11 is 4.57. The fraction of sp³-hybridized carbons (Fsp3) is 0.158. The van der Waals surface area contributed by atoms with E-state index in [-0.39, 0.29) is 17.6 Å². The highest BCUT2D eigenvalue weighted by Crippen LogP contribution is 2.22. The van der Waals surface area contributed by atoms with E-state index >= 15 is 0 Å². The summed E-state index contributed by atoms with van der Waals surface area (Å²) in [7, 11) is 3.97. The number of nitrogens with zero attached hydrogens (tertiary/aromatic N) is 5. The Labute approximate surface area is 186 Å². The first kappa shape index (κ1) is 21.7. The number of nitrogens with one attached hydrogen (secondary N) is 2. The molecule has 2 aromatic carbocycles. The molecule has 0 radical (unpaired) electrons. The first-order chi connectivity index (χ1) is 14.4. The number of nitrogen functional groups attached to an aromatic ring is 1. The van der Waals surface area contributed by atoms with E-state index < -0.39 is 0 Å². The van der Waals surface area contributed by atoms with Gasteiger partial charge in [0, 0.05) is 24.3 Å². The maximum Gasteiger partial charge on any atom is 0.264 e. The molecule has 0 aliphatic carbocycles. The van der Waals surface area contributed by atoms with E-state index in [0.717, 1.165) is 15.7 Å². The first-order valence-electron chi connectivity index (χ1n) is 8.88. The minimum Gasteiger partial charge on any atom is -0.378 e. The number of benzene rings is 2. The highest BCUT2D eigenvalue weighted by atomic mass is 79.9. The molecule has 0 spiro atoms. The van der Waals surface area contributed by atoms with Crippen LogP contribution in [-0.2, 0) is 4.79 Å². The minimum atomic E-state index is -0.177. The number of aromatic nitrogens is 3. The van der Waals surface area contributed by atoms with Crippen molar-refractivity contribution in [2.45, 2.75) is 5.16 Å². The predicted octanol–water partition coefficient (Wildman–Crippen LogP) is 3.00. The van der Waals surface area contributed by atoms with Gasteiger partial charge in [-0.15, -0.1) is 10.2 Å². The molecular formula is C19H21BrN8OS. The van der Waals surface area contributed by atoms with Crippen LogP contribution in [0.4, 0.5) is 17.3 Å². The van der Waals surface area contributed by atoms with Crippen molar-refractivity contribution in [2.75, 3.05) is 41.3 Å². The van der Waals surface area contributed by atoms with Crippen molar-refractivity contribution in [1.82, 2.24) is 14.9 Å². The van der Waals surface area contributed by atoms with E-state index in [4.69, 9.17) is 5.84 Å². The summed E-state index contributed by atoms with van der Waals surface area (Å²) in [4.78, 5) is 14.2. The van der Waals surface area contributed by atoms with Gasteiger partial charge in [0.15, 0.2) is 0 Å². The van der Waals surface area contributed by atoms with Crippen LogP contribution in [0.2, 0.25) is 0 Å². The third-order valence-electron chi connectivity index (χ3n) is 3.93. The predicted molar refractivity (Wildman–Crippen MR) is 126 cm³/mol. The number of thioether (sulfide) groups is 1. The molecule has 0 saturated carbocycles. The molecule has 156 valence electrons. The molecule has 30 heavy (non-hydrogen) atoms. The van der Waals surface area contributed by atoms with Crippen molar-refractivity contribution in [1.29, 1.82) is 0 Å². The van der Waals surface area contributed by atoms with Crippen molar-refractivity contribution in [3.8, 4) is 0 Å². The van der Waals surface area contributed by atoms with Gasteiger partial charge in [0.05, 0.1) is 17.7 Å². The third-order valence-corrected chi connectivity index (χ3v) is 5.57. The third kappa shape index (κ3) is 5.74. The van der Waals surface area contributed by atoms with Gasteiger partial charge in [-0.3, -0.25) is 4.79 Å². The second kappa shape index (κ2) is 10.1. The van der Waals surface area contributed by atoms with Crippen molar-refractivity contribution in [3.05, 3.63) is 58.6 Å². The molecule has 11 heteroatoms. The Morgan fingerprint density at radius 1 is 1.23 bits per heavy atom. The van der Waals surface area contributed by atoms with Crippen LogP contribution in [0.3, 0.4) is 0 Å². The van der Waals surface area contributed by atoms with Gasteiger partial charge in [0.1, 0.15) is 0 Å². The lowest BCUT2D eigenvalue weighted by Crippen LogP contribution is -2.17. The molecule has 4 N–H and O–H groups in total. The van der Waals surface area contributed by atoms with Crippen LogP contribution in [0.5, 0.6) is 0 Å². The number of hydrogen-bond acceptors (Lipinski definition) is 8. The summed E-state index contributed by atoms with van der Waals surface area (Å²) in [5.41, 5.74) is 5.49. The number of hydrogen-bond donors (Lipinski definition) is 3. The molecule has 0 aliphatic rings. The minimum absolute atomic E-state index is 0.137. The molecule has 1 amide bonds. The van der Waals surface area contributed by atoms with E-state index in [0.29, 0.717) is 10.8 Å². The Kier molecular flexibility index (Phi) is 7.31. The SMILES string of the molecule is CN(C)c1ccc(/C=N/Nc2nnc(SCC(=O)Nc3ccccc3Br)n2N)cc1. The Hall–Kier alpha value is -3.05. The monoisotopic (exact) mass is 488 g/mol. The van der Waals surface area contributed by atoms with Crippen molar-refractivity contribution in [2.24, 2.45) is 5.10 Å². The van der Waals surface area contributed by atoms with Crippen LogP contribution in [0, 0.1) is 0 Å². The second-order valence-corrected chi connectivity index (χ2v) is 8.15. The zero-order chi connectivity index (χ0) is 21.5. The smallest absolute Gasteiger partial charge is 0.264 e. The number of halogens is 1. The van der Waals surface area contributed by atoms with Crippen molar-refractivity contribution in [3.63, 3.8) is 0 Å². The molecule has 9 nitrogen and oxygen atoms in total. The Morgan fingerprint density at radius 2 is 1.97 bits per heavy atom. The van der Waals surface area contributed by atoms with Crippen molar-refractivity contribution < 1.29 is 4.79 Å². The van der Waals surface area contributed by atoms with Gasteiger partial charge in [-0.25, -0.2) is 10.1 Å². The van der Waals surface area contributed by atoms with Crippen LogP contribution >= 0.6 is 27.7 Å². The fourth-order valence-electron chi connectivity index (χ4n) is 2.35. The number of anilines is 3. The standard InChI is InChI=1S/C19H21BrN8OS/c1-27(2)14-9-7-13(8-10-14)11-22-24-18-25-26-19(28(18)21)30-12-17(29)23-16-6-4-3-5-15(16)20/h3-11H,12,21H2,1-2H3,(H,23,29)(H,24,25)/b22-11+. The van der Waals surface area contributed by atoms with Gasteiger partial charge in [0.2, 0.25) is 11.1 Å². The number of amides is 1. The largest absolute Gasteiger partial charge is 0.378 e. The van der Waals surface area contributed by atoms with Gasteiger partial charge >= 0.3 is 0 Å². The number of nitrogens with two attached hydrogens (primary N) is 1. The molecule has 0 bridgehead atoms. The lowest BCUT2D eigenvalue weighted by atomic mass is 10.2. The molecule has 0 atom stereocenters. The van der Waals surface area contributed by atoms with E-state index in [9.17, 15) is 4.79 Å². The van der Waals surface area contributed by atoms with Gasteiger partial charge in [-0.1, -0.05) is 36.0 Å². The average molecular weight is 489 g/mol. The van der Waals surface area contributed by atoms with E-state index in [2.05, 4.69) is 42.0 Å². The zero-order valence-electron chi connectivity index (χ0n) is 16.4. The van der Waals surface area contributed by atoms with Gasteiger partial charge in [0.25, 0.3) is 5.95 Å². The molecule has 1 aromatic heterocycles. The summed E-state index contributed by atoms with van der Waals surface area (Å²) in [5.74, 6) is 6.22. The van der Waals surface area contributed by atoms with Crippen LogP contribution in [-0.4, -0.2) is 46.8 Å². The lowest BCUT2D eigenvalue weighted by molar-refractivity contribution is -0.113. The second-order valence-electron chi connectivity index (χ2n) is 6.35. The van der Waals surface area contributed by atoms with E-state index in [1.807, 2.05) is 67.5 Å². The molecule has 0 saturated heterocycles. The van der Waals surface area contributed by atoms with E-state index in [1.54, 1.807) is 6.21 Å². The number of carbonyl (C=O) groups excluding carboxylic acids is 1. The summed E-state index contributed by atoms with van der Waals surface area (Å²) in [5, 5.41) is 15.3. The van der Waals surface area contributed by atoms with Gasteiger partial charge < -0.3 is 16.1 Å². The first-order valence-corrected chi connectivity index (χ1v) is 10.7. The molecule has 0 aliphatic heterocycles. The quantitative estimate of drug-likeness (QED) is 0.193. The maximum atomic E-state index is 12.2. The Balaban J connectivity index is 1.52. The van der Waals surface area contributed by atoms with Crippen molar-refractivity contribution >= 4 is 57.1 Å². The molecule has 0 unspecified atom stereocenters. The van der Waals surface area contributed by atoms with Crippen LogP contribution in [0.15, 0.2) is 63.3 Å². The molecule has 3 aromatic rings. The summed E-state index contributed by atoms with van der Waals surface area (Å²) < 4.78 is 2.06. The summed E-state index contributed by atoms with van der Waals surface area (Å²) in [6.45, 7) is 0. The van der Waals surface area contributed by atoms with Crippen LogP contribution in [0.1, 0.15) is 5.56 Å². The van der Waals surface area contributed by atoms with Gasteiger partial charge in [-0.2, -0.15) is 5.10 Å². The van der Waals surface area contributed by atoms with Crippen LogP contribution < -0.4 is 21.5 Å². The van der Waals surface area contributed by atoms with Crippen LogP contribution in [0.25, 0.3) is 0 Å². The molecule has 1 heterocycles. The fourth-order valence-corrected chi connectivity index (χ4v) is 3.39. The number of para-hydroxylation sites is 1. The topological polar surface area (TPSA) is 113 Å². The highest BCUT2D eigenvalue weighted by molar-refractivity contribution is 9.10. The molecular weight excluding hydrogens is 468 g/mol. The average Bonchev–Trinajstić information content (AvgIpc) is 3.08. The Morgan fingerprint density at radius 3 is 2.67 bits per heavy atom. The van der Waals surface area contributed by atoms with E-state index in [1.165, 1.54) is 16.4 Å². The summed E-state index contributed by atoms with van der Waals surface area (Å²) in [6.07, 6.45) is 1.66. The van der Waals surface area contributed by atoms with Gasteiger partial charge in [-0.05, 0) is 45.8 Å². The Bertz CT molecular complexity index is 1040. The number of carbonyl (C=O) groups is 1. The molecule has 3 rings (SSSR count). The zero-order valence-corrected chi connectivity index (χ0v) is 18.8. The maximum absolute atomic E-state index is 12.2. The lowest BCUT2D eigenvalue weighted by Gasteiger charge is -2.11. The number of rotatable bonds is 8. The highest BCUT2D eigenvalue weighted by Gasteiger charge is 2.12. The molecule has 0 fully saturated rings.